The van der Waals surface area contributed by atoms with E-state index in [2.05, 4.69) is 0 Å². The first-order valence-corrected chi connectivity index (χ1v) is 8.66. The molecule has 104 valence electrons. The summed E-state index contributed by atoms with van der Waals surface area (Å²) >= 11 is 0. The zero-order valence-electron chi connectivity index (χ0n) is 10.7. The molecular weight excluding hydrogens is 258 g/mol. The molecule has 0 N–H and O–H groups in total. The molecule has 0 radical (unpaired) electrons. The van der Waals surface area contributed by atoms with E-state index in [0.29, 0.717) is 24.0 Å². The average Bonchev–Trinajstić information content (AvgIpc) is 2.10. The Morgan fingerprint density at radius 2 is 1.44 bits per heavy atom. The maximum Gasteiger partial charge on any atom is 0.345 e. The molecule has 4 saturated carbocycles. The summed E-state index contributed by atoms with van der Waals surface area (Å²) in [5.41, 5.74) is -0.388. The molecule has 4 bridgehead atoms. The molecular formula is C13H20F2O2S. The lowest BCUT2D eigenvalue weighted by Crippen LogP contribution is -2.49. The molecule has 4 rings (SSSR count). The van der Waals surface area contributed by atoms with Crippen LogP contribution < -0.4 is 0 Å². The third-order valence-electron chi connectivity index (χ3n) is 5.29. The molecule has 2 nitrogen and oxygen atoms in total. The van der Waals surface area contributed by atoms with Crippen molar-refractivity contribution in [3.63, 3.8) is 0 Å². The Morgan fingerprint density at radius 1 is 1.06 bits per heavy atom. The van der Waals surface area contributed by atoms with Gasteiger partial charge in [-0.25, -0.2) is 8.42 Å². The Balaban J connectivity index is 1.84. The van der Waals surface area contributed by atoms with Gasteiger partial charge in [0.2, 0.25) is 9.84 Å². The van der Waals surface area contributed by atoms with E-state index in [0.717, 1.165) is 19.3 Å². The smallest absolute Gasteiger partial charge is 0.223 e. The first-order valence-electron chi connectivity index (χ1n) is 6.77. The molecule has 4 aliphatic rings. The zero-order chi connectivity index (χ0) is 13.2. The van der Waals surface area contributed by atoms with Crippen molar-refractivity contribution in [2.75, 3.05) is 6.26 Å². The molecule has 0 amide bonds. The van der Waals surface area contributed by atoms with Crippen molar-refractivity contribution < 1.29 is 17.2 Å². The summed E-state index contributed by atoms with van der Waals surface area (Å²) in [4.78, 5) is 0. The van der Waals surface area contributed by atoms with Crippen LogP contribution in [-0.2, 0) is 9.84 Å². The van der Waals surface area contributed by atoms with Crippen LogP contribution in [0, 0.1) is 23.2 Å². The Bertz CT molecular complexity index is 420. The molecule has 0 heterocycles. The second-order valence-electron chi connectivity index (χ2n) is 7.00. The zero-order valence-corrected chi connectivity index (χ0v) is 11.5. The van der Waals surface area contributed by atoms with Crippen molar-refractivity contribution in [1.29, 1.82) is 0 Å². The fourth-order valence-corrected chi connectivity index (χ4v) is 5.64. The topological polar surface area (TPSA) is 34.1 Å². The van der Waals surface area contributed by atoms with Gasteiger partial charge in [0, 0.05) is 12.7 Å². The lowest BCUT2D eigenvalue weighted by molar-refractivity contribution is -0.0915. The van der Waals surface area contributed by atoms with Crippen LogP contribution in [0.4, 0.5) is 8.78 Å². The highest BCUT2D eigenvalue weighted by molar-refractivity contribution is 7.91. The van der Waals surface area contributed by atoms with Gasteiger partial charge in [-0.15, -0.1) is 0 Å². The van der Waals surface area contributed by atoms with E-state index in [-0.39, 0.29) is 5.41 Å². The molecule has 0 aromatic rings. The Labute approximate surface area is 107 Å². The van der Waals surface area contributed by atoms with E-state index in [4.69, 9.17) is 0 Å². The van der Waals surface area contributed by atoms with Crippen molar-refractivity contribution >= 4 is 9.84 Å². The molecule has 0 aromatic heterocycles. The monoisotopic (exact) mass is 278 g/mol. The molecule has 0 saturated heterocycles. The molecule has 0 spiro atoms. The van der Waals surface area contributed by atoms with E-state index in [9.17, 15) is 17.2 Å². The van der Waals surface area contributed by atoms with Crippen LogP contribution in [0.1, 0.15) is 44.9 Å². The summed E-state index contributed by atoms with van der Waals surface area (Å²) in [6.07, 6.45) is 6.24. The highest BCUT2D eigenvalue weighted by Crippen LogP contribution is 2.63. The van der Waals surface area contributed by atoms with Crippen LogP contribution in [0.5, 0.6) is 0 Å². The maximum atomic E-state index is 13.9. The summed E-state index contributed by atoms with van der Waals surface area (Å²) in [7, 11) is -4.28. The summed E-state index contributed by atoms with van der Waals surface area (Å²) in [5, 5.41) is -3.54. The molecule has 0 unspecified atom stereocenters. The lowest BCUT2D eigenvalue weighted by Gasteiger charge is -2.57. The van der Waals surface area contributed by atoms with Gasteiger partial charge in [-0.3, -0.25) is 0 Å². The molecule has 0 aromatic carbocycles. The number of alkyl halides is 2. The minimum atomic E-state index is -4.28. The number of hydrogen-bond acceptors (Lipinski definition) is 2. The average molecular weight is 278 g/mol. The molecule has 0 aliphatic heterocycles. The van der Waals surface area contributed by atoms with Gasteiger partial charge in [-0.1, -0.05) is 0 Å². The number of hydrogen-bond donors (Lipinski definition) is 0. The third-order valence-corrected chi connectivity index (χ3v) is 6.52. The molecule has 18 heavy (non-hydrogen) atoms. The summed E-state index contributed by atoms with van der Waals surface area (Å²) < 4.78 is 50.2. The van der Waals surface area contributed by atoms with Gasteiger partial charge in [0.05, 0.1) is 0 Å². The Morgan fingerprint density at radius 3 is 1.78 bits per heavy atom. The molecule has 0 atom stereocenters. The van der Waals surface area contributed by atoms with Crippen LogP contribution in [0.3, 0.4) is 0 Å². The number of halogens is 2. The van der Waals surface area contributed by atoms with Crippen molar-refractivity contribution in [3.05, 3.63) is 0 Å². The van der Waals surface area contributed by atoms with E-state index < -0.39 is 21.5 Å². The van der Waals surface area contributed by atoms with Crippen LogP contribution >= 0.6 is 0 Å². The van der Waals surface area contributed by atoms with Crippen LogP contribution in [0.25, 0.3) is 0 Å². The van der Waals surface area contributed by atoms with Crippen LogP contribution in [-0.4, -0.2) is 19.9 Å². The van der Waals surface area contributed by atoms with Gasteiger partial charge in [-0.2, -0.15) is 8.78 Å². The number of sulfone groups is 1. The minimum Gasteiger partial charge on any atom is -0.223 e. The van der Waals surface area contributed by atoms with E-state index in [1.54, 1.807) is 0 Å². The normalized spacial score (nSPS) is 43.4. The van der Waals surface area contributed by atoms with E-state index in [1.165, 1.54) is 19.3 Å². The fraction of sp³-hybridized carbons (Fsp3) is 1.00. The molecule has 4 fully saturated rings. The van der Waals surface area contributed by atoms with E-state index >= 15 is 0 Å². The second kappa shape index (κ2) is 3.68. The van der Waals surface area contributed by atoms with Gasteiger partial charge in [0.25, 0.3) is 0 Å². The summed E-state index contributed by atoms with van der Waals surface area (Å²) in [6, 6.07) is 0. The first kappa shape index (κ1) is 12.8. The third kappa shape index (κ3) is 1.98. The SMILES string of the molecule is CS(=O)(=O)C(F)(F)CC12CC3CC(CC(C3)C1)C2. The predicted molar refractivity (Wildman–Crippen MR) is 65.0 cm³/mol. The van der Waals surface area contributed by atoms with E-state index in [1.807, 2.05) is 0 Å². The second-order valence-corrected chi connectivity index (χ2v) is 9.15. The first-order chi connectivity index (χ1) is 8.19. The van der Waals surface area contributed by atoms with Gasteiger partial charge < -0.3 is 0 Å². The number of rotatable bonds is 3. The Hall–Kier alpha value is -0.190. The van der Waals surface area contributed by atoms with Gasteiger partial charge >= 0.3 is 5.25 Å². The lowest BCUT2D eigenvalue weighted by atomic mass is 9.49. The largest absolute Gasteiger partial charge is 0.345 e. The van der Waals surface area contributed by atoms with Crippen LogP contribution in [0.2, 0.25) is 0 Å². The fourth-order valence-electron chi connectivity index (χ4n) is 5.07. The van der Waals surface area contributed by atoms with Crippen molar-refractivity contribution in [3.8, 4) is 0 Å². The predicted octanol–water partition coefficient (Wildman–Crippen LogP) is 3.23. The quantitative estimate of drug-likeness (QED) is 0.794. The highest BCUT2D eigenvalue weighted by atomic mass is 32.2. The summed E-state index contributed by atoms with van der Waals surface area (Å²) in [5.74, 6) is 1.73. The van der Waals surface area contributed by atoms with Crippen molar-refractivity contribution in [2.45, 2.75) is 50.2 Å². The minimum absolute atomic E-state index is 0.388. The van der Waals surface area contributed by atoms with Gasteiger partial charge in [0.1, 0.15) is 0 Å². The van der Waals surface area contributed by atoms with Gasteiger partial charge in [-0.05, 0) is 61.7 Å². The van der Waals surface area contributed by atoms with Crippen molar-refractivity contribution in [1.82, 2.24) is 0 Å². The van der Waals surface area contributed by atoms with Gasteiger partial charge in [0.15, 0.2) is 0 Å². The maximum absolute atomic E-state index is 13.9. The Kier molecular flexibility index (Phi) is 2.62. The highest BCUT2D eigenvalue weighted by Gasteiger charge is 2.56. The standard InChI is InChI=1S/C13H20F2O2S/c1-18(16,17)13(14,15)8-12-5-9-2-10(6-12)4-11(3-9)7-12/h9-11H,2-8H2,1H3. The summed E-state index contributed by atoms with van der Waals surface area (Å²) in [6.45, 7) is 0. The van der Waals surface area contributed by atoms with Crippen LogP contribution in [0.15, 0.2) is 0 Å². The molecule has 5 heteroatoms. The molecule has 4 aliphatic carbocycles. The van der Waals surface area contributed by atoms with Crippen molar-refractivity contribution in [2.24, 2.45) is 23.2 Å².